The molecular weight excluding hydrogens is 252 g/mol. The van der Waals surface area contributed by atoms with Gasteiger partial charge in [0.15, 0.2) is 0 Å². The van der Waals surface area contributed by atoms with Crippen LogP contribution in [0.4, 0.5) is 0 Å². The maximum atomic E-state index is 11.9. The Labute approximate surface area is 116 Å². The molecule has 1 amide bonds. The average molecular weight is 266 g/mol. The van der Waals surface area contributed by atoms with Crippen LogP contribution in [0.25, 0.3) is 10.9 Å². The van der Waals surface area contributed by atoms with E-state index in [9.17, 15) is 4.79 Å². The van der Waals surface area contributed by atoms with E-state index in [2.05, 4.69) is 15.4 Å². The molecule has 0 saturated heterocycles. The number of pyridine rings is 1. The van der Waals surface area contributed by atoms with Gasteiger partial charge in [0.2, 0.25) is 5.91 Å². The van der Waals surface area contributed by atoms with Crippen molar-refractivity contribution in [1.82, 2.24) is 20.1 Å². The van der Waals surface area contributed by atoms with Crippen molar-refractivity contribution in [2.24, 2.45) is 0 Å². The normalized spacial score (nSPS) is 10.6. The molecule has 0 aliphatic heterocycles. The molecule has 20 heavy (non-hydrogen) atoms. The van der Waals surface area contributed by atoms with Gasteiger partial charge in [0.05, 0.1) is 11.7 Å². The summed E-state index contributed by atoms with van der Waals surface area (Å²) in [6, 6.07) is 11.6. The van der Waals surface area contributed by atoms with Gasteiger partial charge >= 0.3 is 0 Å². The SMILES string of the molecule is O=C(Cn1ncc2ccccc21)NCc1cccnc1. The largest absolute Gasteiger partial charge is 0.350 e. The number of hydrogen-bond acceptors (Lipinski definition) is 3. The van der Waals surface area contributed by atoms with Gasteiger partial charge in [-0.2, -0.15) is 5.10 Å². The molecule has 0 saturated carbocycles. The highest BCUT2D eigenvalue weighted by molar-refractivity contribution is 5.81. The molecule has 0 unspecified atom stereocenters. The highest BCUT2D eigenvalue weighted by atomic mass is 16.2. The number of carbonyl (C=O) groups excluding carboxylic acids is 1. The maximum Gasteiger partial charge on any atom is 0.242 e. The summed E-state index contributed by atoms with van der Waals surface area (Å²) in [5.74, 6) is -0.0669. The van der Waals surface area contributed by atoms with Gasteiger partial charge in [-0.3, -0.25) is 14.5 Å². The second-order valence-electron chi connectivity index (χ2n) is 4.50. The number of carbonyl (C=O) groups is 1. The summed E-state index contributed by atoms with van der Waals surface area (Å²) in [7, 11) is 0. The third-order valence-corrected chi connectivity index (χ3v) is 3.06. The van der Waals surface area contributed by atoms with Gasteiger partial charge in [0.25, 0.3) is 0 Å². The number of fused-ring (bicyclic) bond motifs is 1. The Morgan fingerprint density at radius 3 is 2.90 bits per heavy atom. The second-order valence-corrected chi connectivity index (χ2v) is 4.50. The lowest BCUT2D eigenvalue weighted by Crippen LogP contribution is -2.27. The lowest BCUT2D eigenvalue weighted by molar-refractivity contribution is -0.121. The maximum absolute atomic E-state index is 11.9. The monoisotopic (exact) mass is 266 g/mol. The predicted octanol–water partition coefficient (Wildman–Crippen LogP) is 1.75. The summed E-state index contributed by atoms with van der Waals surface area (Å²) in [6.45, 7) is 0.694. The highest BCUT2D eigenvalue weighted by Gasteiger charge is 2.06. The predicted molar refractivity (Wildman–Crippen MR) is 75.8 cm³/mol. The van der Waals surface area contributed by atoms with Crippen molar-refractivity contribution < 1.29 is 4.79 Å². The number of hydrogen-bond donors (Lipinski definition) is 1. The van der Waals surface area contributed by atoms with Crippen LogP contribution in [0.5, 0.6) is 0 Å². The molecule has 0 aliphatic rings. The first kappa shape index (κ1) is 12.3. The van der Waals surface area contributed by atoms with Gasteiger partial charge < -0.3 is 5.32 Å². The molecule has 0 radical (unpaired) electrons. The number of benzene rings is 1. The topological polar surface area (TPSA) is 59.8 Å². The van der Waals surface area contributed by atoms with Crippen molar-refractivity contribution in [3.8, 4) is 0 Å². The van der Waals surface area contributed by atoms with E-state index in [-0.39, 0.29) is 12.5 Å². The molecule has 5 heteroatoms. The minimum atomic E-state index is -0.0669. The fourth-order valence-electron chi connectivity index (χ4n) is 2.05. The summed E-state index contributed by atoms with van der Waals surface area (Å²) in [5.41, 5.74) is 1.94. The second kappa shape index (κ2) is 5.52. The fourth-order valence-corrected chi connectivity index (χ4v) is 2.05. The Hall–Kier alpha value is -2.69. The Kier molecular flexibility index (Phi) is 3.41. The zero-order valence-electron chi connectivity index (χ0n) is 10.9. The summed E-state index contributed by atoms with van der Waals surface area (Å²) >= 11 is 0. The van der Waals surface area contributed by atoms with Crippen LogP contribution >= 0.6 is 0 Å². The molecule has 0 atom stereocenters. The van der Waals surface area contributed by atoms with Gasteiger partial charge in [-0.1, -0.05) is 24.3 Å². The van der Waals surface area contributed by atoms with Gasteiger partial charge in [-0.15, -0.1) is 0 Å². The first-order valence-corrected chi connectivity index (χ1v) is 6.39. The Balaban J connectivity index is 1.64. The standard InChI is InChI=1S/C15H14N4O/c20-15(17-9-12-4-3-7-16-8-12)11-19-14-6-2-1-5-13(14)10-18-19/h1-8,10H,9,11H2,(H,17,20). The van der Waals surface area contributed by atoms with Gasteiger partial charge in [-0.05, 0) is 17.7 Å². The molecule has 1 N–H and O–H groups in total. The first-order valence-electron chi connectivity index (χ1n) is 6.39. The summed E-state index contributed by atoms with van der Waals surface area (Å²) in [4.78, 5) is 15.9. The van der Waals surface area contributed by atoms with Crippen molar-refractivity contribution in [2.75, 3.05) is 0 Å². The lowest BCUT2D eigenvalue weighted by atomic mass is 10.2. The number of nitrogens with one attached hydrogen (secondary N) is 1. The number of para-hydroxylation sites is 1. The van der Waals surface area contributed by atoms with E-state index >= 15 is 0 Å². The summed E-state index contributed by atoms with van der Waals surface area (Å²) < 4.78 is 1.70. The van der Waals surface area contributed by atoms with Crippen molar-refractivity contribution in [3.05, 3.63) is 60.6 Å². The van der Waals surface area contributed by atoms with E-state index in [0.29, 0.717) is 6.54 Å². The molecule has 1 aromatic carbocycles. The molecule has 0 bridgehead atoms. The summed E-state index contributed by atoms with van der Waals surface area (Å²) in [5, 5.41) is 8.13. The van der Waals surface area contributed by atoms with Gasteiger partial charge in [0.1, 0.15) is 6.54 Å². The average Bonchev–Trinajstić information content (AvgIpc) is 2.90. The van der Waals surface area contributed by atoms with Crippen LogP contribution in [0, 0.1) is 0 Å². The molecule has 0 aliphatic carbocycles. The van der Waals surface area contributed by atoms with E-state index in [1.54, 1.807) is 23.3 Å². The number of nitrogens with zero attached hydrogens (tertiary/aromatic N) is 3. The van der Waals surface area contributed by atoms with Crippen LogP contribution in [0.2, 0.25) is 0 Å². The molecule has 0 fully saturated rings. The minimum absolute atomic E-state index is 0.0669. The quantitative estimate of drug-likeness (QED) is 0.782. The molecule has 3 aromatic rings. The van der Waals surface area contributed by atoms with E-state index in [0.717, 1.165) is 16.5 Å². The molecule has 100 valence electrons. The van der Waals surface area contributed by atoms with Crippen molar-refractivity contribution in [1.29, 1.82) is 0 Å². The zero-order chi connectivity index (χ0) is 13.8. The molecule has 2 aromatic heterocycles. The van der Waals surface area contributed by atoms with Crippen molar-refractivity contribution >= 4 is 16.8 Å². The summed E-state index contributed by atoms with van der Waals surface area (Å²) in [6.07, 6.45) is 5.22. The molecule has 2 heterocycles. The molecule has 5 nitrogen and oxygen atoms in total. The van der Waals surface area contributed by atoms with Crippen LogP contribution < -0.4 is 5.32 Å². The van der Waals surface area contributed by atoms with Crippen molar-refractivity contribution in [3.63, 3.8) is 0 Å². The van der Waals surface area contributed by atoms with Crippen molar-refractivity contribution in [2.45, 2.75) is 13.1 Å². The van der Waals surface area contributed by atoms with Crippen LogP contribution in [0.3, 0.4) is 0 Å². The van der Waals surface area contributed by atoms with Crippen LogP contribution in [0.15, 0.2) is 55.0 Å². The van der Waals surface area contributed by atoms with Crippen LogP contribution in [-0.2, 0) is 17.9 Å². The van der Waals surface area contributed by atoms with E-state index < -0.39 is 0 Å². The molecular formula is C15H14N4O. The highest BCUT2D eigenvalue weighted by Crippen LogP contribution is 2.12. The number of rotatable bonds is 4. The Bertz CT molecular complexity index is 721. The Morgan fingerprint density at radius 1 is 1.15 bits per heavy atom. The van der Waals surface area contributed by atoms with E-state index in [1.165, 1.54) is 0 Å². The fraction of sp³-hybridized carbons (Fsp3) is 0.133. The van der Waals surface area contributed by atoms with E-state index in [1.807, 2.05) is 36.4 Å². The van der Waals surface area contributed by atoms with E-state index in [4.69, 9.17) is 0 Å². The van der Waals surface area contributed by atoms with Gasteiger partial charge in [0, 0.05) is 24.3 Å². The lowest BCUT2D eigenvalue weighted by Gasteiger charge is -2.06. The van der Waals surface area contributed by atoms with Crippen LogP contribution in [-0.4, -0.2) is 20.7 Å². The first-order chi connectivity index (χ1) is 9.83. The zero-order valence-corrected chi connectivity index (χ0v) is 10.9. The molecule has 3 rings (SSSR count). The number of aromatic nitrogens is 3. The third-order valence-electron chi connectivity index (χ3n) is 3.06. The third kappa shape index (κ3) is 2.66. The molecule has 0 spiro atoms. The Morgan fingerprint density at radius 2 is 2.05 bits per heavy atom. The van der Waals surface area contributed by atoms with Gasteiger partial charge in [-0.25, -0.2) is 0 Å². The smallest absolute Gasteiger partial charge is 0.242 e. The number of amides is 1. The van der Waals surface area contributed by atoms with Crippen LogP contribution in [0.1, 0.15) is 5.56 Å². The minimum Gasteiger partial charge on any atom is -0.350 e.